The number of aromatic nitrogens is 3. The molecule has 2 N–H and O–H groups in total. The van der Waals surface area contributed by atoms with Crippen molar-refractivity contribution in [2.24, 2.45) is 0 Å². The van der Waals surface area contributed by atoms with Crippen LogP contribution in [-0.2, 0) is 17.9 Å². The van der Waals surface area contributed by atoms with Gasteiger partial charge in [-0.05, 0) is 17.7 Å². The molecule has 0 spiro atoms. The van der Waals surface area contributed by atoms with Crippen LogP contribution in [0.4, 0.5) is 14.6 Å². The van der Waals surface area contributed by atoms with Gasteiger partial charge in [-0.2, -0.15) is 0 Å². The molecule has 3 aromatic rings. The minimum Gasteiger partial charge on any atom is -0.351 e. The maximum Gasteiger partial charge on any atom is 0.236 e. The van der Waals surface area contributed by atoms with Gasteiger partial charge in [-0.1, -0.05) is 41.6 Å². The van der Waals surface area contributed by atoms with E-state index in [9.17, 15) is 13.9 Å². The first kappa shape index (κ1) is 17.0. The first-order chi connectivity index (χ1) is 12.1. The number of nitrogens with one attached hydrogen (secondary N) is 1. The van der Waals surface area contributed by atoms with E-state index >= 15 is 0 Å². The van der Waals surface area contributed by atoms with Crippen LogP contribution in [0.5, 0.6) is 0 Å². The van der Waals surface area contributed by atoms with Crippen LogP contribution in [0, 0.1) is 11.6 Å². The highest BCUT2D eigenvalue weighted by Gasteiger charge is 2.12. The highest BCUT2D eigenvalue weighted by Crippen LogP contribution is 2.14. The van der Waals surface area contributed by atoms with Crippen LogP contribution >= 0.6 is 0 Å². The zero-order valence-electron chi connectivity index (χ0n) is 13.1. The lowest BCUT2D eigenvalue weighted by Gasteiger charge is -2.12. The standard InChI is InChI=1S/C17H16F2N4O2/c18-14-7-4-8-15(19)13(14)9-23-10-16(21-22-23)20-17(24)25-11-12-5-2-1-3-6-12/h1-8,10,17,20,24H,9,11H2. The molecule has 0 bridgehead atoms. The Morgan fingerprint density at radius 1 is 1.08 bits per heavy atom. The van der Waals surface area contributed by atoms with Crippen molar-refractivity contribution in [3.8, 4) is 0 Å². The van der Waals surface area contributed by atoms with Crippen LogP contribution in [0.1, 0.15) is 11.1 Å². The Morgan fingerprint density at radius 3 is 2.52 bits per heavy atom. The van der Waals surface area contributed by atoms with Gasteiger partial charge in [-0.3, -0.25) is 0 Å². The van der Waals surface area contributed by atoms with Crippen molar-refractivity contribution in [3.05, 3.63) is 77.5 Å². The molecule has 0 saturated carbocycles. The molecule has 1 atom stereocenters. The predicted molar refractivity (Wildman–Crippen MR) is 86.3 cm³/mol. The van der Waals surface area contributed by atoms with Crippen molar-refractivity contribution in [3.63, 3.8) is 0 Å². The quantitative estimate of drug-likeness (QED) is 0.643. The van der Waals surface area contributed by atoms with E-state index in [0.717, 1.165) is 5.56 Å². The molecule has 0 fully saturated rings. The molecule has 0 aliphatic heterocycles. The molecule has 6 nitrogen and oxygen atoms in total. The van der Waals surface area contributed by atoms with E-state index in [1.807, 2.05) is 30.3 Å². The Bertz CT molecular complexity index is 806. The number of aliphatic hydroxyl groups is 1. The predicted octanol–water partition coefficient (Wildman–Crippen LogP) is 2.51. The number of halogens is 2. The Hall–Kier alpha value is -2.84. The molecule has 3 rings (SSSR count). The van der Waals surface area contributed by atoms with Crippen LogP contribution in [0.3, 0.4) is 0 Å². The monoisotopic (exact) mass is 346 g/mol. The molecule has 1 unspecified atom stereocenters. The smallest absolute Gasteiger partial charge is 0.236 e. The molecular weight excluding hydrogens is 330 g/mol. The molecule has 0 amide bonds. The summed E-state index contributed by atoms with van der Waals surface area (Å²) in [5, 5.41) is 20.0. The summed E-state index contributed by atoms with van der Waals surface area (Å²) in [5.74, 6) is -1.09. The van der Waals surface area contributed by atoms with Crippen molar-refractivity contribution in [1.82, 2.24) is 15.0 Å². The van der Waals surface area contributed by atoms with E-state index in [2.05, 4.69) is 15.6 Å². The van der Waals surface area contributed by atoms with Crippen LogP contribution < -0.4 is 5.32 Å². The molecule has 2 aromatic carbocycles. The highest BCUT2D eigenvalue weighted by molar-refractivity contribution is 5.30. The first-order valence-corrected chi connectivity index (χ1v) is 7.55. The summed E-state index contributed by atoms with van der Waals surface area (Å²) in [6, 6.07) is 13.0. The van der Waals surface area contributed by atoms with E-state index < -0.39 is 18.0 Å². The van der Waals surface area contributed by atoms with Crippen molar-refractivity contribution in [1.29, 1.82) is 0 Å². The van der Waals surface area contributed by atoms with Crippen LogP contribution in [-0.4, -0.2) is 26.5 Å². The maximum atomic E-state index is 13.6. The Balaban J connectivity index is 1.56. The average Bonchev–Trinajstić information content (AvgIpc) is 3.04. The number of hydrogen-bond acceptors (Lipinski definition) is 5. The fourth-order valence-electron chi connectivity index (χ4n) is 2.20. The zero-order chi connectivity index (χ0) is 17.6. The van der Waals surface area contributed by atoms with E-state index in [1.54, 1.807) is 0 Å². The van der Waals surface area contributed by atoms with Crippen molar-refractivity contribution < 1.29 is 18.6 Å². The Morgan fingerprint density at radius 2 is 1.80 bits per heavy atom. The molecule has 8 heteroatoms. The molecule has 0 aliphatic rings. The molecule has 0 radical (unpaired) electrons. The van der Waals surface area contributed by atoms with Gasteiger partial charge in [0.05, 0.1) is 19.3 Å². The highest BCUT2D eigenvalue weighted by atomic mass is 19.1. The van der Waals surface area contributed by atoms with Gasteiger partial charge in [-0.25, -0.2) is 13.5 Å². The fraction of sp³-hybridized carbons (Fsp3) is 0.176. The second-order valence-corrected chi connectivity index (χ2v) is 5.29. The average molecular weight is 346 g/mol. The minimum absolute atomic E-state index is 0.111. The third-order valence-corrected chi connectivity index (χ3v) is 3.44. The molecule has 0 aliphatic carbocycles. The van der Waals surface area contributed by atoms with Crippen molar-refractivity contribution in [2.75, 3.05) is 5.32 Å². The number of ether oxygens (including phenoxy) is 1. The van der Waals surface area contributed by atoms with Gasteiger partial charge >= 0.3 is 0 Å². The third kappa shape index (κ3) is 4.59. The van der Waals surface area contributed by atoms with E-state index in [1.165, 1.54) is 29.1 Å². The summed E-state index contributed by atoms with van der Waals surface area (Å²) in [4.78, 5) is 0. The van der Waals surface area contributed by atoms with Gasteiger partial charge in [0, 0.05) is 5.56 Å². The molecule has 1 heterocycles. The van der Waals surface area contributed by atoms with Gasteiger partial charge in [0.25, 0.3) is 0 Å². The third-order valence-electron chi connectivity index (χ3n) is 3.44. The Kier molecular flexibility index (Phi) is 5.32. The van der Waals surface area contributed by atoms with Gasteiger partial charge in [0.15, 0.2) is 5.82 Å². The number of rotatable bonds is 7. The van der Waals surface area contributed by atoms with Gasteiger partial charge in [0.2, 0.25) is 6.41 Å². The van der Waals surface area contributed by atoms with Crippen molar-refractivity contribution in [2.45, 2.75) is 19.6 Å². The fourth-order valence-corrected chi connectivity index (χ4v) is 2.20. The van der Waals surface area contributed by atoms with Gasteiger partial charge in [-0.15, -0.1) is 5.10 Å². The molecule has 0 saturated heterocycles. The van der Waals surface area contributed by atoms with Crippen LogP contribution in [0.2, 0.25) is 0 Å². The van der Waals surface area contributed by atoms with E-state index in [4.69, 9.17) is 4.74 Å². The lowest BCUT2D eigenvalue weighted by atomic mass is 10.2. The van der Waals surface area contributed by atoms with Crippen LogP contribution in [0.15, 0.2) is 54.7 Å². The number of hydrogen-bond donors (Lipinski definition) is 2. The van der Waals surface area contributed by atoms with Crippen molar-refractivity contribution >= 4 is 5.82 Å². The summed E-state index contributed by atoms with van der Waals surface area (Å²) < 4.78 is 33.8. The first-order valence-electron chi connectivity index (χ1n) is 7.55. The molecular formula is C17H16F2N4O2. The molecule has 1 aromatic heterocycles. The number of anilines is 1. The second-order valence-electron chi connectivity index (χ2n) is 5.29. The van der Waals surface area contributed by atoms with E-state index in [0.29, 0.717) is 0 Å². The van der Waals surface area contributed by atoms with Gasteiger partial charge in [0.1, 0.15) is 11.6 Å². The normalized spacial score (nSPS) is 12.1. The summed E-state index contributed by atoms with van der Waals surface area (Å²) >= 11 is 0. The lowest BCUT2D eigenvalue weighted by molar-refractivity contribution is -0.0873. The topological polar surface area (TPSA) is 72.2 Å². The SMILES string of the molecule is OC(Nc1cn(Cc2c(F)cccc2F)nn1)OCc1ccccc1. The summed E-state index contributed by atoms with van der Waals surface area (Å²) in [5.41, 5.74) is 0.793. The molecule has 130 valence electrons. The molecule has 25 heavy (non-hydrogen) atoms. The van der Waals surface area contributed by atoms with Gasteiger partial charge < -0.3 is 15.2 Å². The Labute approximate surface area is 142 Å². The lowest BCUT2D eigenvalue weighted by Crippen LogP contribution is -2.22. The van der Waals surface area contributed by atoms with Crippen LogP contribution in [0.25, 0.3) is 0 Å². The summed E-state index contributed by atoms with van der Waals surface area (Å²) in [7, 11) is 0. The summed E-state index contributed by atoms with van der Waals surface area (Å²) in [6.45, 7) is 0.0950. The largest absolute Gasteiger partial charge is 0.351 e. The number of aliphatic hydroxyl groups excluding tert-OH is 1. The number of nitrogens with zero attached hydrogens (tertiary/aromatic N) is 3. The minimum atomic E-state index is -1.30. The number of benzene rings is 2. The van der Waals surface area contributed by atoms with E-state index in [-0.39, 0.29) is 24.5 Å². The zero-order valence-corrected chi connectivity index (χ0v) is 13.1. The maximum absolute atomic E-state index is 13.6. The summed E-state index contributed by atoms with van der Waals surface area (Å²) in [6.07, 6.45) is 0.122. The second kappa shape index (κ2) is 7.82.